The Hall–Kier alpha value is -3.86. The summed E-state index contributed by atoms with van der Waals surface area (Å²) in [5, 5.41) is 3.02. The maximum Gasteiger partial charge on any atom is 0.244 e. The van der Waals surface area contributed by atoms with Crippen LogP contribution in [0.4, 0.5) is 0 Å². The molecule has 28 heavy (non-hydrogen) atoms. The Labute approximate surface area is 162 Å². The molecule has 1 N–H and O–H groups in total. The van der Waals surface area contributed by atoms with E-state index >= 15 is 0 Å². The van der Waals surface area contributed by atoms with Gasteiger partial charge in [0.1, 0.15) is 0 Å². The van der Waals surface area contributed by atoms with E-state index in [9.17, 15) is 4.79 Å². The summed E-state index contributed by atoms with van der Waals surface area (Å²) >= 11 is 0. The van der Waals surface area contributed by atoms with Crippen molar-refractivity contribution in [3.63, 3.8) is 0 Å². The average molecular weight is 366 g/mol. The number of amides is 1. The molecule has 1 atom stereocenters. The van der Waals surface area contributed by atoms with Crippen molar-refractivity contribution in [2.75, 3.05) is 0 Å². The molecular formula is C23H18N4O. The maximum atomic E-state index is 12.6. The lowest BCUT2D eigenvalue weighted by atomic mass is 10.0. The van der Waals surface area contributed by atoms with Crippen LogP contribution >= 0.6 is 0 Å². The smallest absolute Gasteiger partial charge is 0.244 e. The molecule has 0 aliphatic carbocycles. The molecule has 1 amide bonds. The van der Waals surface area contributed by atoms with Gasteiger partial charge in [0.15, 0.2) is 0 Å². The fourth-order valence-corrected chi connectivity index (χ4v) is 2.92. The highest BCUT2D eigenvalue weighted by Crippen LogP contribution is 2.20. The van der Waals surface area contributed by atoms with E-state index in [4.69, 9.17) is 0 Å². The first-order valence-electron chi connectivity index (χ1n) is 8.96. The van der Waals surface area contributed by atoms with Crippen molar-refractivity contribution in [2.24, 2.45) is 0 Å². The third-order valence-electron chi connectivity index (χ3n) is 4.28. The molecule has 0 spiro atoms. The van der Waals surface area contributed by atoms with Crippen LogP contribution in [0.15, 0.2) is 91.3 Å². The zero-order valence-electron chi connectivity index (χ0n) is 15.1. The minimum absolute atomic E-state index is 0.227. The largest absolute Gasteiger partial charge is 0.340 e. The number of para-hydroxylation sites is 2. The SMILES string of the molecule is O=C(/C=C/c1cnc2ccccc2n1)NC(c1ccccc1)c1ccccn1. The second-order valence-corrected chi connectivity index (χ2v) is 6.22. The summed E-state index contributed by atoms with van der Waals surface area (Å²) in [6.07, 6.45) is 6.50. The topological polar surface area (TPSA) is 67.8 Å². The molecular weight excluding hydrogens is 348 g/mol. The van der Waals surface area contributed by atoms with Crippen LogP contribution in [0.3, 0.4) is 0 Å². The first-order valence-corrected chi connectivity index (χ1v) is 8.96. The average Bonchev–Trinajstić information content (AvgIpc) is 2.77. The van der Waals surface area contributed by atoms with Crippen molar-refractivity contribution >= 4 is 23.0 Å². The normalized spacial score (nSPS) is 12.1. The van der Waals surface area contributed by atoms with Crippen LogP contribution in [-0.2, 0) is 4.79 Å². The lowest BCUT2D eigenvalue weighted by Gasteiger charge is -2.17. The molecule has 2 aromatic carbocycles. The van der Waals surface area contributed by atoms with Gasteiger partial charge in [-0.15, -0.1) is 0 Å². The van der Waals surface area contributed by atoms with Gasteiger partial charge >= 0.3 is 0 Å². The van der Waals surface area contributed by atoms with Gasteiger partial charge in [0.2, 0.25) is 5.91 Å². The number of nitrogens with zero attached hydrogens (tertiary/aromatic N) is 3. The molecule has 0 aliphatic rings. The van der Waals surface area contributed by atoms with Crippen molar-refractivity contribution in [2.45, 2.75) is 6.04 Å². The Kier molecular flexibility index (Phi) is 5.15. The summed E-state index contributed by atoms with van der Waals surface area (Å²) in [5.41, 5.74) is 3.99. The molecule has 4 rings (SSSR count). The Bertz CT molecular complexity index is 1070. The summed E-state index contributed by atoms with van der Waals surface area (Å²) in [4.78, 5) is 25.8. The standard InChI is InChI=1S/C23H18N4O/c28-22(14-13-18-16-25-19-10-4-5-11-20(19)26-18)27-23(17-8-2-1-3-9-17)21-12-6-7-15-24-21/h1-16,23H,(H,27,28)/b14-13+. The lowest BCUT2D eigenvalue weighted by Crippen LogP contribution is -2.28. The molecule has 0 bridgehead atoms. The van der Waals surface area contributed by atoms with Gasteiger partial charge in [0.25, 0.3) is 0 Å². The minimum Gasteiger partial charge on any atom is -0.340 e. The van der Waals surface area contributed by atoms with E-state index in [-0.39, 0.29) is 11.9 Å². The van der Waals surface area contributed by atoms with Gasteiger partial charge in [0, 0.05) is 12.3 Å². The number of fused-ring (bicyclic) bond motifs is 1. The zero-order valence-corrected chi connectivity index (χ0v) is 15.1. The molecule has 5 heteroatoms. The highest BCUT2D eigenvalue weighted by Gasteiger charge is 2.16. The molecule has 5 nitrogen and oxygen atoms in total. The molecule has 0 saturated heterocycles. The molecule has 0 fully saturated rings. The highest BCUT2D eigenvalue weighted by molar-refractivity contribution is 5.92. The lowest BCUT2D eigenvalue weighted by molar-refractivity contribution is -0.116. The molecule has 2 heterocycles. The van der Waals surface area contributed by atoms with Crippen LogP contribution in [0.5, 0.6) is 0 Å². The first-order chi connectivity index (χ1) is 13.8. The van der Waals surface area contributed by atoms with Crippen molar-refractivity contribution in [3.05, 3.63) is 108 Å². The van der Waals surface area contributed by atoms with Crippen molar-refractivity contribution in [3.8, 4) is 0 Å². The number of nitrogens with one attached hydrogen (secondary N) is 1. The van der Waals surface area contributed by atoms with Gasteiger partial charge < -0.3 is 5.32 Å². The van der Waals surface area contributed by atoms with Crippen LogP contribution in [0.1, 0.15) is 23.0 Å². The molecule has 136 valence electrons. The second-order valence-electron chi connectivity index (χ2n) is 6.22. The van der Waals surface area contributed by atoms with Gasteiger partial charge in [0.05, 0.1) is 34.7 Å². The predicted octanol–water partition coefficient (Wildman–Crippen LogP) is 3.94. The Morgan fingerprint density at radius 3 is 2.39 bits per heavy atom. The number of hydrogen-bond donors (Lipinski definition) is 1. The van der Waals surface area contributed by atoms with Gasteiger partial charge in [-0.2, -0.15) is 0 Å². The molecule has 0 aliphatic heterocycles. The van der Waals surface area contributed by atoms with Gasteiger partial charge in [-0.1, -0.05) is 48.5 Å². The van der Waals surface area contributed by atoms with Gasteiger partial charge in [-0.25, -0.2) is 4.98 Å². The van der Waals surface area contributed by atoms with Crippen LogP contribution < -0.4 is 5.32 Å². The molecule has 4 aromatic rings. The van der Waals surface area contributed by atoms with E-state index in [0.717, 1.165) is 22.3 Å². The summed E-state index contributed by atoms with van der Waals surface area (Å²) in [7, 11) is 0. The quantitative estimate of drug-likeness (QED) is 0.543. The van der Waals surface area contributed by atoms with Crippen LogP contribution in [0.25, 0.3) is 17.1 Å². The molecule has 2 aromatic heterocycles. The van der Waals surface area contributed by atoms with Gasteiger partial charge in [-0.05, 0) is 35.9 Å². The fourth-order valence-electron chi connectivity index (χ4n) is 2.92. The third kappa shape index (κ3) is 4.10. The minimum atomic E-state index is -0.331. The Morgan fingerprint density at radius 2 is 1.61 bits per heavy atom. The molecule has 1 unspecified atom stereocenters. The van der Waals surface area contributed by atoms with Gasteiger partial charge in [-0.3, -0.25) is 14.8 Å². The number of rotatable bonds is 5. The second kappa shape index (κ2) is 8.22. The van der Waals surface area contributed by atoms with E-state index in [0.29, 0.717) is 5.69 Å². The van der Waals surface area contributed by atoms with E-state index < -0.39 is 0 Å². The van der Waals surface area contributed by atoms with Crippen LogP contribution in [-0.4, -0.2) is 20.9 Å². The Balaban J connectivity index is 1.54. The summed E-state index contributed by atoms with van der Waals surface area (Å²) in [5.74, 6) is -0.227. The maximum absolute atomic E-state index is 12.6. The van der Waals surface area contributed by atoms with E-state index in [1.807, 2.05) is 72.8 Å². The van der Waals surface area contributed by atoms with Crippen molar-refractivity contribution in [1.29, 1.82) is 0 Å². The van der Waals surface area contributed by atoms with Crippen molar-refractivity contribution < 1.29 is 4.79 Å². The Morgan fingerprint density at radius 1 is 0.857 bits per heavy atom. The number of benzene rings is 2. The number of aromatic nitrogens is 3. The predicted molar refractivity (Wildman–Crippen MR) is 109 cm³/mol. The number of carbonyl (C=O) groups excluding carboxylic acids is 1. The van der Waals surface area contributed by atoms with E-state index in [1.165, 1.54) is 6.08 Å². The van der Waals surface area contributed by atoms with Crippen LogP contribution in [0.2, 0.25) is 0 Å². The molecule has 0 saturated carbocycles. The number of hydrogen-bond acceptors (Lipinski definition) is 4. The number of carbonyl (C=O) groups is 1. The number of pyridine rings is 1. The monoisotopic (exact) mass is 366 g/mol. The third-order valence-corrected chi connectivity index (χ3v) is 4.28. The highest BCUT2D eigenvalue weighted by atomic mass is 16.1. The van der Waals surface area contributed by atoms with E-state index in [2.05, 4.69) is 20.3 Å². The zero-order chi connectivity index (χ0) is 19.2. The summed E-state index contributed by atoms with van der Waals surface area (Å²) < 4.78 is 0. The first kappa shape index (κ1) is 17.5. The fraction of sp³-hybridized carbons (Fsp3) is 0.0435. The van der Waals surface area contributed by atoms with Crippen LogP contribution in [0, 0.1) is 0 Å². The molecule has 0 radical (unpaired) electrons. The summed E-state index contributed by atoms with van der Waals surface area (Å²) in [6.45, 7) is 0. The summed E-state index contributed by atoms with van der Waals surface area (Å²) in [6, 6.07) is 22.7. The van der Waals surface area contributed by atoms with E-state index in [1.54, 1.807) is 18.5 Å². The van der Waals surface area contributed by atoms with Crippen molar-refractivity contribution in [1.82, 2.24) is 20.3 Å².